The summed E-state index contributed by atoms with van der Waals surface area (Å²) in [4.78, 5) is 9.24. The molecule has 5 heteroatoms. The Hall–Kier alpha value is -1.85. The Morgan fingerprint density at radius 2 is 2.08 bits per heavy atom. The van der Waals surface area contributed by atoms with Gasteiger partial charge in [-0.1, -0.05) is 36.4 Å². The van der Waals surface area contributed by atoms with Crippen LogP contribution in [-0.4, -0.2) is 69.1 Å². The number of hydrogen-bond donors (Lipinski definition) is 2. The zero-order chi connectivity index (χ0) is 17.2. The Morgan fingerprint density at radius 1 is 1.29 bits per heavy atom. The Bertz CT molecular complexity index is 514. The summed E-state index contributed by atoms with van der Waals surface area (Å²) in [5, 5.41) is 6.56. The number of nitrogens with zero attached hydrogens (tertiary/aromatic N) is 3. The van der Waals surface area contributed by atoms with E-state index < -0.39 is 0 Å². The lowest BCUT2D eigenvalue weighted by molar-refractivity contribution is 0.0891. The molecule has 1 saturated heterocycles. The molecule has 0 aromatic heterocycles. The first-order chi connectivity index (χ1) is 11.7. The fourth-order valence-electron chi connectivity index (χ4n) is 3.09. The topological polar surface area (TPSA) is 42.9 Å². The molecule has 2 N–H and O–H groups in total. The van der Waals surface area contributed by atoms with E-state index in [9.17, 15) is 0 Å². The first-order valence-electron chi connectivity index (χ1n) is 8.77. The van der Waals surface area contributed by atoms with Crippen molar-refractivity contribution >= 4 is 5.96 Å². The van der Waals surface area contributed by atoms with Gasteiger partial charge in [-0.05, 0) is 19.0 Å². The molecular weight excluding hydrogens is 298 g/mol. The monoisotopic (exact) mass is 329 g/mol. The van der Waals surface area contributed by atoms with Crippen molar-refractivity contribution < 1.29 is 0 Å². The molecule has 1 heterocycles. The van der Waals surface area contributed by atoms with Crippen molar-refractivity contribution in [3.8, 4) is 0 Å². The highest BCUT2D eigenvalue weighted by atomic mass is 15.3. The number of likely N-dealkylation sites (N-methyl/N-ethyl adjacent to an activating group) is 1. The van der Waals surface area contributed by atoms with Gasteiger partial charge in [0, 0.05) is 52.4 Å². The Morgan fingerprint density at radius 3 is 2.79 bits per heavy atom. The lowest BCUT2D eigenvalue weighted by Gasteiger charge is -2.40. The summed E-state index contributed by atoms with van der Waals surface area (Å²) in [6.45, 7) is 9.82. The maximum Gasteiger partial charge on any atom is 0.191 e. The molecule has 1 aromatic carbocycles. The van der Waals surface area contributed by atoms with Crippen LogP contribution in [0, 0.1) is 0 Å². The lowest BCUT2D eigenvalue weighted by atomic mass is 10.0. The highest BCUT2D eigenvalue weighted by Crippen LogP contribution is 2.24. The average molecular weight is 329 g/mol. The fourth-order valence-corrected chi connectivity index (χ4v) is 3.09. The van der Waals surface area contributed by atoms with Crippen LogP contribution in [0.25, 0.3) is 0 Å². The van der Waals surface area contributed by atoms with Crippen LogP contribution in [0.2, 0.25) is 0 Å². The summed E-state index contributed by atoms with van der Waals surface area (Å²) in [5.74, 6) is 0.841. The zero-order valence-corrected chi connectivity index (χ0v) is 15.0. The van der Waals surface area contributed by atoms with Crippen LogP contribution in [0.5, 0.6) is 0 Å². The third kappa shape index (κ3) is 5.65. The molecule has 1 aliphatic rings. The van der Waals surface area contributed by atoms with Gasteiger partial charge >= 0.3 is 0 Å². The minimum atomic E-state index is 0.489. The molecule has 0 spiro atoms. The largest absolute Gasteiger partial charge is 0.356 e. The average Bonchev–Trinajstić information content (AvgIpc) is 2.63. The van der Waals surface area contributed by atoms with Crippen LogP contribution in [0.1, 0.15) is 18.0 Å². The molecule has 1 aromatic rings. The summed E-state index contributed by atoms with van der Waals surface area (Å²) >= 11 is 0. The van der Waals surface area contributed by atoms with Crippen LogP contribution in [0.4, 0.5) is 0 Å². The highest BCUT2D eigenvalue weighted by molar-refractivity contribution is 5.79. The number of benzene rings is 1. The normalized spacial score (nSPS) is 19.9. The molecule has 2 rings (SSSR count). The molecule has 1 fully saturated rings. The highest BCUT2D eigenvalue weighted by Gasteiger charge is 2.25. The number of aliphatic imine (C=N–C) groups is 1. The maximum absolute atomic E-state index is 4.21. The van der Waals surface area contributed by atoms with E-state index in [1.165, 1.54) is 5.56 Å². The molecule has 1 aliphatic heterocycles. The Balaban J connectivity index is 1.82. The van der Waals surface area contributed by atoms with Gasteiger partial charge in [0.15, 0.2) is 5.96 Å². The van der Waals surface area contributed by atoms with Crippen LogP contribution in [-0.2, 0) is 0 Å². The van der Waals surface area contributed by atoms with Gasteiger partial charge < -0.3 is 15.5 Å². The summed E-state index contributed by atoms with van der Waals surface area (Å²) in [7, 11) is 4.01. The van der Waals surface area contributed by atoms with E-state index >= 15 is 0 Å². The van der Waals surface area contributed by atoms with Gasteiger partial charge in [0.2, 0.25) is 0 Å². The molecule has 132 valence electrons. The number of guanidine groups is 1. The van der Waals surface area contributed by atoms with Crippen LogP contribution < -0.4 is 10.6 Å². The van der Waals surface area contributed by atoms with Gasteiger partial charge in [0.25, 0.3) is 0 Å². The molecule has 24 heavy (non-hydrogen) atoms. The summed E-state index contributed by atoms with van der Waals surface area (Å²) in [6.07, 6.45) is 2.93. The van der Waals surface area contributed by atoms with Gasteiger partial charge in [-0.2, -0.15) is 0 Å². The molecule has 0 saturated carbocycles. The second-order valence-electron chi connectivity index (χ2n) is 6.25. The number of hydrogen-bond acceptors (Lipinski definition) is 3. The lowest BCUT2D eigenvalue weighted by Crippen LogP contribution is -2.47. The van der Waals surface area contributed by atoms with Crippen molar-refractivity contribution in [3.05, 3.63) is 48.6 Å². The standard InChI is InChI=1S/C19H31N5/c1-4-11-21-19(20-2)22-12-8-13-24-15-14-23(3)16-18(24)17-9-6-5-7-10-17/h4-7,9-10,18H,1,8,11-16H2,2-3H3,(H2,20,21,22). The van der Waals surface area contributed by atoms with Gasteiger partial charge in [0.05, 0.1) is 0 Å². The van der Waals surface area contributed by atoms with Crippen molar-refractivity contribution in [1.29, 1.82) is 0 Å². The van der Waals surface area contributed by atoms with Crippen molar-refractivity contribution in [2.75, 3.05) is 53.4 Å². The van der Waals surface area contributed by atoms with Crippen molar-refractivity contribution in [1.82, 2.24) is 20.4 Å². The van der Waals surface area contributed by atoms with Gasteiger partial charge in [-0.25, -0.2) is 0 Å². The van der Waals surface area contributed by atoms with E-state index in [1.807, 2.05) is 6.08 Å². The third-order valence-electron chi connectivity index (χ3n) is 4.43. The predicted molar refractivity (Wildman–Crippen MR) is 102 cm³/mol. The Kier molecular flexibility index (Phi) is 7.79. The minimum absolute atomic E-state index is 0.489. The van der Waals surface area contributed by atoms with E-state index in [-0.39, 0.29) is 0 Å². The molecule has 0 amide bonds. The first kappa shape index (κ1) is 18.5. The van der Waals surface area contributed by atoms with E-state index in [0.29, 0.717) is 6.04 Å². The van der Waals surface area contributed by atoms with E-state index in [4.69, 9.17) is 0 Å². The predicted octanol–water partition coefficient (Wildman–Crippen LogP) is 1.72. The van der Waals surface area contributed by atoms with Gasteiger partial charge in [-0.3, -0.25) is 9.89 Å². The van der Waals surface area contributed by atoms with Crippen LogP contribution in [0.3, 0.4) is 0 Å². The van der Waals surface area contributed by atoms with Crippen molar-refractivity contribution in [2.45, 2.75) is 12.5 Å². The minimum Gasteiger partial charge on any atom is -0.356 e. The molecular formula is C19H31N5. The van der Waals surface area contributed by atoms with E-state index in [0.717, 1.165) is 51.6 Å². The zero-order valence-electron chi connectivity index (χ0n) is 15.0. The van der Waals surface area contributed by atoms with Crippen LogP contribution >= 0.6 is 0 Å². The van der Waals surface area contributed by atoms with Crippen molar-refractivity contribution in [3.63, 3.8) is 0 Å². The second kappa shape index (κ2) is 10.1. The second-order valence-corrected chi connectivity index (χ2v) is 6.25. The summed E-state index contributed by atoms with van der Waals surface area (Å²) in [6, 6.07) is 11.3. The summed E-state index contributed by atoms with van der Waals surface area (Å²) in [5.41, 5.74) is 1.42. The number of piperazine rings is 1. The fraction of sp³-hybridized carbons (Fsp3) is 0.526. The maximum atomic E-state index is 4.21. The molecule has 0 bridgehead atoms. The van der Waals surface area contributed by atoms with E-state index in [2.05, 4.69) is 69.4 Å². The van der Waals surface area contributed by atoms with Crippen molar-refractivity contribution in [2.24, 2.45) is 4.99 Å². The third-order valence-corrected chi connectivity index (χ3v) is 4.43. The van der Waals surface area contributed by atoms with Gasteiger partial charge in [-0.15, -0.1) is 6.58 Å². The molecule has 1 unspecified atom stereocenters. The molecule has 5 nitrogen and oxygen atoms in total. The van der Waals surface area contributed by atoms with Crippen LogP contribution in [0.15, 0.2) is 48.0 Å². The molecule has 1 atom stereocenters. The smallest absolute Gasteiger partial charge is 0.191 e. The molecule has 0 aliphatic carbocycles. The SMILES string of the molecule is C=CCNC(=NC)NCCCN1CCN(C)CC1c1ccccc1. The first-order valence-corrected chi connectivity index (χ1v) is 8.77. The Labute approximate surface area is 146 Å². The quantitative estimate of drug-likeness (QED) is 0.346. The molecule has 0 radical (unpaired) electrons. The number of nitrogens with one attached hydrogen (secondary N) is 2. The van der Waals surface area contributed by atoms with E-state index in [1.54, 1.807) is 7.05 Å². The number of rotatable bonds is 7. The van der Waals surface area contributed by atoms with Gasteiger partial charge in [0.1, 0.15) is 0 Å². The summed E-state index contributed by atoms with van der Waals surface area (Å²) < 4.78 is 0.